The van der Waals surface area contributed by atoms with Gasteiger partial charge in [0.15, 0.2) is 45.5 Å². The molecule has 0 saturated carbocycles. The summed E-state index contributed by atoms with van der Waals surface area (Å²) < 4.78 is 31.1. The van der Waals surface area contributed by atoms with Gasteiger partial charge in [0.1, 0.15) is 12.2 Å². The van der Waals surface area contributed by atoms with E-state index in [0.717, 1.165) is 0 Å². The van der Waals surface area contributed by atoms with E-state index >= 15 is 0 Å². The van der Waals surface area contributed by atoms with E-state index in [9.17, 15) is 4.79 Å². The van der Waals surface area contributed by atoms with E-state index in [2.05, 4.69) is 78.6 Å². The fourth-order valence-electron chi connectivity index (χ4n) is 2.88. The summed E-state index contributed by atoms with van der Waals surface area (Å²) in [6.45, 7) is 25.8. The number of carbonyl (C=O) groups is 1. The Kier molecular flexibility index (Phi) is 8.54. The van der Waals surface area contributed by atoms with Crippen LogP contribution in [0.3, 0.4) is 0 Å². The molecule has 0 aromatic heterocycles. The molecule has 166 valence electrons. The largest absolute Gasteiger partial charge is 0.455 e. The SMILES string of the molecule is C[Si](C)(C)OC[C@H](O[Si](C)(C)C)[C@@H]1OC(=O)[C@H](O[Si](C)(C)C)[C@H]1O[Si](C)(C)C. The zero-order valence-electron chi connectivity index (χ0n) is 20.0. The molecule has 0 N–H and O–H groups in total. The Morgan fingerprint density at radius 1 is 0.786 bits per heavy atom. The summed E-state index contributed by atoms with van der Waals surface area (Å²) in [5, 5.41) is 0. The molecule has 0 radical (unpaired) electrons. The molecule has 4 atom stereocenters. The van der Waals surface area contributed by atoms with E-state index in [0.29, 0.717) is 6.61 Å². The highest BCUT2D eigenvalue weighted by Gasteiger charge is 2.53. The van der Waals surface area contributed by atoms with Gasteiger partial charge in [0.05, 0.1) is 6.61 Å². The van der Waals surface area contributed by atoms with Gasteiger partial charge in [0, 0.05) is 0 Å². The Bertz CT molecular complexity index is 530. The van der Waals surface area contributed by atoms with Crippen molar-refractivity contribution in [2.75, 3.05) is 6.61 Å². The summed E-state index contributed by atoms with van der Waals surface area (Å²) >= 11 is 0. The van der Waals surface area contributed by atoms with E-state index in [4.69, 9.17) is 22.4 Å². The molecular weight excluding hydrogens is 425 g/mol. The fourth-order valence-corrected chi connectivity index (χ4v) is 6.72. The lowest BCUT2D eigenvalue weighted by Crippen LogP contribution is -2.53. The van der Waals surface area contributed by atoms with Gasteiger partial charge < -0.3 is 22.4 Å². The number of esters is 1. The van der Waals surface area contributed by atoms with Gasteiger partial charge in [0.25, 0.3) is 0 Å². The first-order valence-electron chi connectivity index (χ1n) is 10.2. The molecule has 1 aliphatic heterocycles. The Morgan fingerprint density at radius 3 is 1.68 bits per heavy atom. The molecule has 0 spiro atoms. The van der Waals surface area contributed by atoms with Crippen molar-refractivity contribution < 1.29 is 27.2 Å². The molecule has 1 saturated heterocycles. The van der Waals surface area contributed by atoms with Crippen molar-refractivity contribution in [1.82, 2.24) is 0 Å². The zero-order chi connectivity index (χ0) is 22.1. The van der Waals surface area contributed by atoms with Gasteiger partial charge in [-0.2, -0.15) is 0 Å². The molecule has 0 amide bonds. The molecule has 28 heavy (non-hydrogen) atoms. The van der Waals surface area contributed by atoms with Gasteiger partial charge in [-0.1, -0.05) is 0 Å². The van der Waals surface area contributed by atoms with E-state index in [-0.39, 0.29) is 12.1 Å². The lowest BCUT2D eigenvalue weighted by Gasteiger charge is -2.36. The van der Waals surface area contributed by atoms with Gasteiger partial charge in [-0.3, -0.25) is 0 Å². The predicted octanol–water partition coefficient (Wildman–Crippen LogP) is 4.42. The van der Waals surface area contributed by atoms with Gasteiger partial charge in [-0.25, -0.2) is 4.79 Å². The van der Waals surface area contributed by atoms with Gasteiger partial charge in [-0.05, 0) is 78.6 Å². The third-order valence-corrected chi connectivity index (χ3v) is 7.61. The number of cyclic esters (lactones) is 1. The van der Waals surface area contributed by atoms with Crippen LogP contribution in [0.2, 0.25) is 78.6 Å². The normalized spacial score (nSPS) is 25.7. The third kappa shape index (κ3) is 9.79. The van der Waals surface area contributed by atoms with E-state index in [1.807, 2.05) is 0 Å². The van der Waals surface area contributed by atoms with Crippen molar-refractivity contribution in [3.63, 3.8) is 0 Å². The standard InChI is InChI=1S/C18H42O6Si4/c1-25(2,3)20-13-14(22-26(4,5)6)15-16(23-27(7,8)9)17(18(19)21-15)24-28(10,11)12/h14-17H,13H2,1-12H3/t14-,15-,16-,17+/m0/s1. The van der Waals surface area contributed by atoms with Crippen LogP contribution in [0.4, 0.5) is 0 Å². The first kappa shape index (κ1) is 26.2. The van der Waals surface area contributed by atoms with Gasteiger partial charge in [-0.15, -0.1) is 0 Å². The number of hydrogen-bond donors (Lipinski definition) is 0. The second-order valence-corrected chi connectivity index (χ2v) is 29.3. The molecule has 0 unspecified atom stereocenters. The lowest BCUT2D eigenvalue weighted by atomic mass is 10.1. The maximum absolute atomic E-state index is 12.8. The van der Waals surface area contributed by atoms with E-state index < -0.39 is 51.6 Å². The summed E-state index contributed by atoms with van der Waals surface area (Å²) in [7, 11) is -7.56. The number of carbonyl (C=O) groups excluding carboxylic acids is 1. The second-order valence-electron chi connectivity index (χ2n) is 11.4. The van der Waals surface area contributed by atoms with Crippen LogP contribution in [0.25, 0.3) is 0 Å². The van der Waals surface area contributed by atoms with Crippen LogP contribution in [-0.2, 0) is 27.2 Å². The van der Waals surface area contributed by atoms with Crippen molar-refractivity contribution in [3.05, 3.63) is 0 Å². The minimum Gasteiger partial charge on any atom is -0.455 e. The molecule has 1 fully saturated rings. The number of ether oxygens (including phenoxy) is 1. The fraction of sp³-hybridized carbons (Fsp3) is 0.944. The van der Waals surface area contributed by atoms with Crippen LogP contribution in [0.15, 0.2) is 0 Å². The van der Waals surface area contributed by atoms with Crippen LogP contribution in [0.5, 0.6) is 0 Å². The van der Waals surface area contributed by atoms with E-state index in [1.54, 1.807) is 0 Å². The Balaban J connectivity index is 3.20. The summed E-state index contributed by atoms with van der Waals surface area (Å²) in [5.74, 6) is -0.340. The van der Waals surface area contributed by atoms with Gasteiger partial charge >= 0.3 is 5.97 Å². The average molecular weight is 467 g/mol. The van der Waals surface area contributed by atoms with Crippen molar-refractivity contribution >= 4 is 39.2 Å². The number of rotatable bonds is 10. The van der Waals surface area contributed by atoms with Crippen LogP contribution in [0, 0.1) is 0 Å². The highest BCUT2D eigenvalue weighted by atomic mass is 28.4. The minimum absolute atomic E-state index is 0.340. The van der Waals surface area contributed by atoms with Crippen LogP contribution in [-0.4, -0.2) is 70.3 Å². The maximum atomic E-state index is 12.8. The molecule has 6 nitrogen and oxygen atoms in total. The third-order valence-electron chi connectivity index (χ3n) is 3.63. The summed E-state index contributed by atoms with van der Waals surface area (Å²) in [6, 6.07) is 0. The zero-order valence-corrected chi connectivity index (χ0v) is 24.0. The molecule has 0 aromatic carbocycles. The summed E-state index contributed by atoms with van der Waals surface area (Å²) in [5.41, 5.74) is 0. The number of hydrogen-bond acceptors (Lipinski definition) is 6. The highest BCUT2D eigenvalue weighted by molar-refractivity contribution is 6.71. The molecule has 10 heteroatoms. The minimum atomic E-state index is -1.96. The highest BCUT2D eigenvalue weighted by Crippen LogP contribution is 2.31. The van der Waals surface area contributed by atoms with Crippen LogP contribution in [0.1, 0.15) is 0 Å². The van der Waals surface area contributed by atoms with Crippen molar-refractivity contribution in [1.29, 1.82) is 0 Å². The topological polar surface area (TPSA) is 63.2 Å². The van der Waals surface area contributed by atoms with E-state index in [1.165, 1.54) is 0 Å². The van der Waals surface area contributed by atoms with Crippen LogP contribution < -0.4 is 0 Å². The molecular formula is C18H42O6Si4. The summed E-state index contributed by atoms with van der Waals surface area (Å²) in [6.07, 6.45) is -2.01. The van der Waals surface area contributed by atoms with Crippen LogP contribution >= 0.6 is 0 Å². The first-order valence-corrected chi connectivity index (χ1v) is 23.8. The molecule has 1 heterocycles. The average Bonchev–Trinajstić information content (AvgIpc) is 2.66. The monoisotopic (exact) mass is 466 g/mol. The van der Waals surface area contributed by atoms with Crippen molar-refractivity contribution in [2.24, 2.45) is 0 Å². The summed E-state index contributed by atoms with van der Waals surface area (Å²) in [4.78, 5) is 12.8. The smallest absolute Gasteiger partial charge is 0.337 e. The predicted molar refractivity (Wildman–Crippen MR) is 124 cm³/mol. The molecule has 1 rings (SSSR count). The second kappa shape index (κ2) is 9.12. The molecule has 0 aromatic rings. The first-order chi connectivity index (χ1) is 12.3. The molecule has 0 aliphatic carbocycles. The Morgan fingerprint density at radius 2 is 1.29 bits per heavy atom. The Hall–Kier alpha value is 0.178. The molecule has 1 aliphatic rings. The quantitative estimate of drug-likeness (QED) is 0.351. The Labute approximate surface area is 176 Å². The maximum Gasteiger partial charge on any atom is 0.337 e. The van der Waals surface area contributed by atoms with Crippen molar-refractivity contribution in [3.8, 4) is 0 Å². The molecule has 0 bridgehead atoms. The lowest BCUT2D eigenvalue weighted by molar-refractivity contribution is -0.150. The van der Waals surface area contributed by atoms with Crippen molar-refractivity contribution in [2.45, 2.75) is 103 Å². The van der Waals surface area contributed by atoms with Gasteiger partial charge in [0.2, 0.25) is 0 Å².